The van der Waals surface area contributed by atoms with Gasteiger partial charge in [-0.05, 0) is 18.4 Å². The van der Waals surface area contributed by atoms with E-state index in [1.807, 2.05) is 0 Å². The first-order chi connectivity index (χ1) is 7.42. The van der Waals surface area contributed by atoms with Gasteiger partial charge >= 0.3 is 0 Å². The molecule has 0 heterocycles. The fraction of sp³-hybridized carbons (Fsp3) is 0.200. The molecule has 74 valence electrons. The summed E-state index contributed by atoms with van der Waals surface area (Å²) < 4.78 is 0. The first-order valence-corrected chi connectivity index (χ1v) is 5.51. The molecule has 0 saturated heterocycles. The molecule has 15 heavy (non-hydrogen) atoms. The Bertz CT molecular complexity index is 452. The van der Waals surface area contributed by atoms with Crippen LogP contribution in [-0.2, 0) is 0 Å². The maximum atomic E-state index is 2.35. The lowest BCUT2D eigenvalue weighted by molar-refractivity contribution is 0.550. The quantitative estimate of drug-likeness (QED) is 0.549. The van der Waals surface area contributed by atoms with Crippen molar-refractivity contribution in [2.45, 2.75) is 12.8 Å². The van der Waals surface area contributed by atoms with Gasteiger partial charge < -0.3 is 0 Å². The Morgan fingerprint density at radius 3 is 2.87 bits per heavy atom. The van der Waals surface area contributed by atoms with Crippen LogP contribution in [-0.4, -0.2) is 0 Å². The Kier molecular flexibility index (Phi) is 1.88. The zero-order valence-corrected chi connectivity index (χ0v) is 8.69. The summed E-state index contributed by atoms with van der Waals surface area (Å²) in [6.07, 6.45) is 24.5. The van der Waals surface area contributed by atoms with Gasteiger partial charge in [0.2, 0.25) is 0 Å². The third-order valence-corrected chi connectivity index (χ3v) is 3.48. The highest BCUT2D eigenvalue weighted by Crippen LogP contribution is 2.47. The number of hydrogen-bond donors (Lipinski definition) is 0. The van der Waals surface area contributed by atoms with Crippen molar-refractivity contribution in [2.24, 2.45) is 5.41 Å². The number of allylic oxidation sites excluding steroid dienone is 12. The van der Waals surface area contributed by atoms with Crippen molar-refractivity contribution < 1.29 is 0 Å². The zero-order chi connectivity index (χ0) is 10.1. The molecule has 0 N–H and O–H groups in total. The zero-order valence-electron chi connectivity index (χ0n) is 8.69. The molecule has 0 aliphatic heterocycles. The van der Waals surface area contributed by atoms with Crippen molar-refractivity contribution >= 4 is 0 Å². The predicted octanol–water partition coefficient (Wildman–Crippen LogP) is 3.87. The molecule has 0 aromatic carbocycles. The first kappa shape index (κ1) is 8.72. The van der Waals surface area contributed by atoms with Gasteiger partial charge in [-0.2, -0.15) is 0 Å². The van der Waals surface area contributed by atoms with Crippen LogP contribution in [0.1, 0.15) is 12.8 Å². The van der Waals surface area contributed by atoms with Crippen LogP contribution < -0.4 is 0 Å². The fourth-order valence-electron chi connectivity index (χ4n) is 2.64. The van der Waals surface area contributed by atoms with Crippen LogP contribution in [0.3, 0.4) is 0 Å². The van der Waals surface area contributed by atoms with Crippen LogP contribution in [0.25, 0.3) is 0 Å². The summed E-state index contributed by atoms with van der Waals surface area (Å²) in [7, 11) is 0. The van der Waals surface area contributed by atoms with Gasteiger partial charge in [0.15, 0.2) is 0 Å². The lowest BCUT2D eigenvalue weighted by Crippen LogP contribution is -2.24. The van der Waals surface area contributed by atoms with Crippen molar-refractivity contribution in [3.05, 3.63) is 71.9 Å². The van der Waals surface area contributed by atoms with E-state index in [9.17, 15) is 0 Å². The third-order valence-electron chi connectivity index (χ3n) is 3.48. The Balaban J connectivity index is 2.19. The Labute approximate surface area is 90.7 Å². The van der Waals surface area contributed by atoms with Gasteiger partial charge in [0.25, 0.3) is 0 Å². The summed E-state index contributed by atoms with van der Waals surface area (Å²) in [5.41, 5.74) is 3.10. The van der Waals surface area contributed by atoms with E-state index < -0.39 is 0 Å². The van der Waals surface area contributed by atoms with Crippen molar-refractivity contribution in [3.8, 4) is 0 Å². The van der Waals surface area contributed by atoms with Crippen LogP contribution in [0.4, 0.5) is 0 Å². The molecule has 0 aromatic rings. The van der Waals surface area contributed by atoms with Gasteiger partial charge in [0.1, 0.15) is 0 Å². The van der Waals surface area contributed by atoms with E-state index in [1.165, 1.54) is 11.1 Å². The van der Waals surface area contributed by atoms with Gasteiger partial charge in [-0.3, -0.25) is 0 Å². The molecule has 0 amide bonds. The molecule has 0 saturated carbocycles. The molecule has 3 aliphatic rings. The van der Waals surface area contributed by atoms with Crippen molar-refractivity contribution in [3.63, 3.8) is 0 Å². The normalized spacial score (nSPS) is 31.5. The summed E-state index contributed by atoms with van der Waals surface area (Å²) in [5, 5.41) is 0. The largest absolute Gasteiger partial charge is 0.0830 e. The summed E-state index contributed by atoms with van der Waals surface area (Å²) >= 11 is 0. The molecule has 0 aromatic heterocycles. The van der Waals surface area contributed by atoms with E-state index in [1.54, 1.807) is 0 Å². The van der Waals surface area contributed by atoms with Crippen LogP contribution in [0.5, 0.6) is 0 Å². The lowest BCUT2D eigenvalue weighted by atomic mass is 9.67. The van der Waals surface area contributed by atoms with Gasteiger partial charge in [-0.1, -0.05) is 66.3 Å². The molecule has 0 radical (unpaired) electrons. The molecule has 1 spiro atoms. The number of rotatable bonds is 0. The van der Waals surface area contributed by atoms with Crippen molar-refractivity contribution in [2.75, 3.05) is 0 Å². The summed E-state index contributed by atoms with van der Waals surface area (Å²) in [6.45, 7) is 0. The van der Waals surface area contributed by atoms with Crippen molar-refractivity contribution in [1.29, 1.82) is 0 Å². The summed E-state index contributed by atoms with van der Waals surface area (Å²) in [4.78, 5) is 0. The smallest absolute Gasteiger partial charge is 0.0385 e. The van der Waals surface area contributed by atoms with E-state index in [-0.39, 0.29) is 5.41 Å². The topological polar surface area (TPSA) is 0 Å². The first-order valence-electron chi connectivity index (χ1n) is 5.51. The maximum absolute atomic E-state index is 2.35. The van der Waals surface area contributed by atoms with E-state index in [4.69, 9.17) is 0 Å². The minimum Gasteiger partial charge on any atom is -0.0830 e. The molecule has 1 unspecified atom stereocenters. The van der Waals surface area contributed by atoms with Crippen molar-refractivity contribution in [1.82, 2.24) is 0 Å². The van der Waals surface area contributed by atoms with Gasteiger partial charge in [-0.25, -0.2) is 0 Å². The standard InChI is InChI=1S/C15H14/c1-2-8-14-10-4-6-12-15(14)11-5-3-9-13(15)7-1/h1-7,9-11H,8,12H2. The second kappa shape index (κ2) is 3.23. The van der Waals surface area contributed by atoms with E-state index in [0.29, 0.717) is 0 Å². The number of hydrogen-bond acceptors (Lipinski definition) is 0. The molecular weight excluding hydrogens is 180 g/mol. The van der Waals surface area contributed by atoms with E-state index in [2.05, 4.69) is 60.8 Å². The summed E-state index contributed by atoms with van der Waals surface area (Å²) in [5.74, 6) is 0. The molecule has 0 fully saturated rings. The molecule has 3 aliphatic carbocycles. The van der Waals surface area contributed by atoms with E-state index >= 15 is 0 Å². The van der Waals surface area contributed by atoms with Crippen LogP contribution in [0.2, 0.25) is 0 Å². The van der Waals surface area contributed by atoms with Gasteiger partial charge in [0.05, 0.1) is 0 Å². The van der Waals surface area contributed by atoms with Crippen LogP contribution in [0, 0.1) is 5.41 Å². The maximum Gasteiger partial charge on any atom is 0.0385 e. The second-order valence-electron chi connectivity index (χ2n) is 4.27. The molecule has 1 atom stereocenters. The Morgan fingerprint density at radius 2 is 1.87 bits per heavy atom. The lowest BCUT2D eigenvalue weighted by Gasteiger charge is -2.36. The highest BCUT2D eigenvalue weighted by atomic mass is 14.4. The minimum absolute atomic E-state index is 0.160. The highest BCUT2D eigenvalue weighted by molar-refractivity contribution is 5.52. The van der Waals surface area contributed by atoms with Gasteiger partial charge in [-0.15, -0.1) is 0 Å². The predicted molar refractivity (Wildman–Crippen MR) is 64.4 cm³/mol. The Hall–Kier alpha value is -1.56. The molecule has 3 rings (SSSR count). The Morgan fingerprint density at radius 1 is 0.933 bits per heavy atom. The molecule has 0 nitrogen and oxygen atoms in total. The van der Waals surface area contributed by atoms with Gasteiger partial charge in [0, 0.05) is 5.41 Å². The SMILES string of the molecule is C1=CCC2=CC=CCC23C=CC=CC3=C1. The monoisotopic (exact) mass is 194 g/mol. The third kappa shape index (κ3) is 1.21. The molecule has 0 heteroatoms. The molecule has 0 bridgehead atoms. The second-order valence-corrected chi connectivity index (χ2v) is 4.27. The molecular formula is C15H14. The average Bonchev–Trinajstić information content (AvgIpc) is 2.47. The van der Waals surface area contributed by atoms with E-state index in [0.717, 1.165) is 12.8 Å². The van der Waals surface area contributed by atoms with Crippen LogP contribution >= 0.6 is 0 Å². The summed E-state index contributed by atoms with van der Waals surface area (Å²) in [6, 6.07) is 0. The minimum atomic E-state index is 0.160. The highest BCUT2D eigenvalue weighted by Gasteiger charge is 2.35. The fourth-order valence-corrected chi connectivity index (χ4v) is 2.64. The average molecular weight is 194 g/mol. The van der Waals surface area contributed by atoms with Crippen LogP contribution in [0.15, 0.2) is 71.9 Å².